The molecular weight excluding hydrogens is 400 g/mol. The van der Waals surface area contributed by atoms with Crippen LogP contribution in [0.2, 0.25) is 0 Å². The molecule has 2 rings (SSSR count). The van der Waals surface area contributed by atoms with E-state index in [0.717, 1.165) is 0 Å². The first-order chi connectivity index (χ1) is 12.4. The van der Waals surface area contributed by atoms with E-state index in [0.29, 0.717) is 11.3 Å². The summed E-state index contributed by atoms with van der Waals surface area (Å²) in [5.74, 6) is -1.86. The Balaban J connectivity index is 0.000000765. The second-order valence-electron chi connectivity index (χ2n) is 5.66. The van der Waals surface area contributed by atoms with Crippen molar-refractivity contribution in [3.8, 4) is 0 Å². The third-order valence-electron chi connectivity index (χ3n) is 3.95. The Labute approximate surface area is 162 Å². The Bertz CT molecular complexity index is 648. The van der Waals surface area contributed by atoms with Crippen molar-refractivity contribution in [1.82, 2.24) is 4.90 Å². The lowest BCUT2D eigenvalue weighted by molar-refractivity contribution is -0.154. The van der Waals surface area contributed by atoms with E-state index in [9.17, 15) is 14.7 Å². The minimum absolute atomic E-state index is 0.128. The van der Waals surface area contributed by atoms with Gasteiger partial charge in [0.25, 0.3) is 0 Å². The maximum atomic E-state index is 12.5. The second-order valence-corrected chi connectivity index (χ2v) is 6.18. The van der Waals surface area contributed by atoms with Crippen LogP contribution in [0.15, 0.2) is 51.8 Å². The van der Waals surface area contributed by atoms with Crippen LogP contribution in [-0.4, -0.2) is 47.4 Å². The molecule has 1 amide bonds. The van der Waals surface area contributed by atoms with Gasteiger partial charge in [-0.15, -0.1) is 0 Å². The van der Waals surface area contributed by atoms with Gasteiger partial charge < -0.3 is 9.84 Å². The van der Waals surface area contributed by atoms with Gasteiger partial charge in [0.15, 0.2) is 0 Å². The normalized spacial score (nSPS) is 21.0. The Hall–Kier alpha value is -1.99. The zero-order valence-corrected chi connectivity index (χ0v) is 16.8. The number of hydrogen-bond acceptors (Lipinski definition) is 5. The first-order valence-electron chi connectivity index (χ1n) is 8.35. The standard InChI is InChI=1S/C16H20N2O4.C3H5Br/c1-4-22-16(21)12-9-11(14(19)10(2)17-3)13-7-5-6-8-18(13)15(12)20;1-2-3-4/h5-8,10,12,14,19H,3-4,9H2,1-2H3;2-3H,1H3/b;3-2+. The second kappa shape index (κ2) is 10.9. The number of carbonyl (C=O) groups is 2. The molecule has 2 heterocycles. The van der Waals surface area contributed by atoms with E-state index in [1.807, 2.05) is 18.0 Å². The smallest absolute Gasteiger partial charge is 0.318 e. The minimum atomic E-state index is -0.943. The molecule has 26 heavy (non-hydrogen) atoms. The summed E-state index contributed by atoms with van der Waals surface area (Å²) in [6.07, 6.45) is 7.95. The fourth-order valence-corrected chi connectivity index (χ4v) is 2.57. The molecular formula is C19H25BrN2O4. The van der Waals surface area contributed by atoms with E-state index in [1.54, 1.807) is 38.3 Å². The highest BCUT2D eigenvalue weighted by Gasteiger charge is 2.41. The highest BCUT2D eigenvalue weighted by Crippen LogP contribution is 2.34. The summed E-state index contributed by atoms with van der Waals surface area (Å²) in [4.78, 5) is 31.5. The van der Waals surface area contributed by atoms with E-state index in [2.05, 4.69) is 27.6 Å². The molecule has 2 aliphatic heterocycles. The van der Waals surface area contributed by atoms with Crippen molar-refractivity contribution >= 4 is 34.5 Å². The van der Waals surface area contributed by atoms with Gasteiger partial charge in [-0.05, 0) is 56.6 Å². The van der Waals surface area contributed by atoms with Crippen molar-refractivity contribution in [3.63, 3.8) is 0 Å². The highest BCUT2D eigenvalue weighted by molar-refractivity contribution is 9.11. The molecule has 0 spiro atoms. The lowest BCUT2D eigenvalue weighted by Gasteiger charge is -2.35. The third-order valence-corrected chi connectivity index (χ3v) is 4.48. The largest absolute Gasteiger partial charge is 0.465 e. The van der Waals surface area contributed by atoms with Crippen molar-refractivity contribution < 1.29 is 19.4 Å². The molecule has 0 aromatic carbocycles. The molecule has 0 radical (unpaired) electrons. The van der Waals surface area contributed by atoms with Crippen LogP contribution in [0.3, 0.4) is 0 Å². The van der Waals surface area contributed by atoms with Crippen molar-refractivity contribution in [3.05, 3.63) is 46.8 Å². The van der Waals surface area contributed by atoms with Gasteiger partial charge >= 0.3 is 5.97 Å². The van der Waals surface area contributed by atoms with Crippen LogP contribution in [0.4, 0.5) is 0 Å². The van der Waals surface area contributed by atoms with E-state index >= 15 is 0 Å². The number of allylic oxidation sites excluding steroid dienone is 4. The monoisotopic (exact) mass is 424 g/mol. The number of rotatable bonds is 5. The number of aliphatic hydroxyl groups is 1. The van der Waals surface area contributed by atoms with Crippen molar-refractivity contribution in [2.45, 2.75) is 39.3 Å². The number of hydrogen-bond donors (Lipinski definition) is 1. The summed E-state index contributed by atoms with van der Waals surface area (Å²) in [5.41, 5.74) is 1.19. The predicted molar refractivity (Wildman–Crippen MR) is 106 cm³/mol. The molecule has 0 aromatic rings. The summed E-state index contributed by atoms with van der Waals surface area (Å²) in [6, 6.07) is -0.431. The first-order valence-corrected chi connectivity index (χ1v) is 9.27. The number of halogens is 1. The molecule has 0 bridgehead atoms. The van der Waals surface area contributed by atoms with Crippen LogP contribution in [0.5, 0.6) is 0 Å². The average molecular weight is 425 g/mol. The van der Waals surface area contributed by atoms with Gasteiger partial charge in [-0.25, -0.2) is 0 Å². The number of fused-ring (bicyclic) bond motifs is 1. The molecule has 0 saturated heterocycles. The molecule has 7 heteroatoms. The Kier molecular flexibility index (Phi) is 9.23. The summed E-state index contributed by atoms with van der Waals surface area (Å²) in [6.45, 7) is 9.02. The van der Waals surface area contributed by atoms with Gasteiger partial charge in [0.2, 0.25) is 5.91 Å². The zero-order valence-electron chi connectivity index (χ0n) is 15.3. The molecule has 1 N–H and O–H groups in total. The van der Waals surface area contributed by atoms with Gasteiger partial charge in [-0.3, -0.25) is 19.5 Å². The maximum Gasteiger partial charge on any atom is 0.318 e. The van der Waals surface area contributed by atoms with E-state index in [4.69, 9.17) is 4.74 Å². The summed E-state index contributed by atoms with van der Waals surface area (Å²) < 4.78 is 4.98. The number of carbonyl (C=O) groups excluding carboxylic acids is 2. The predicted octanol–water partition coefficient (Wildman–Crippen LogP) is 3.10. The maximum absolute atomic E-state index is 12.5. The Morgan fingerprint density at radius 3 is 2.77 bits per heavy atom. The summed E-state index contributed by atoms with van der Waals surface area (Å²) >= 11 is 3.07. The molecule has 3 unspecified atom stereocenters. The van der Waals surface area contributed by atoms with Gasteiger partial charge in [0, 0.05) is 6.20 Å². The van der Waals surface area contributed by atoms with Crippen LogP contribution in [-0.2, 0) is 14.3 Å². The molecule has 142 valence electrons. The van der Waals surface area contributed by atoms with Crippen molar-refractivity contribution in [2.24, 2.45) is 10.9 Å². The van der Waals surface area contributed by atoms with E-state index in [-0.39, 0.29) is 18.9 Å². The number of esters is 1. The van der Waals surface area contributed by atoms with Gasteiger partial charge in [-0.1, -0.05) is 28.1 Å². The highest BCUT2D eigenvalue weighted by atomic mass is 79.9. The average Bonchev–Trinajstić information content (AvgIpc) is 2.67. The molecule has 0 aromatic heterocycles. The lowest BCUT2D eigenvalue weighted by Crippen LogP contribution is -2.44. The number of nitrogens with zero attached hydrogens (tertiary/aromatic N) is 2. The quantitative estimate of drug-likeness (QED) is 0.417. The molecule has 6 nitrogen and oxygen atoms in total. The molecule has 3 atom stereocenters. The zero-order chi connectivity index (χ0) is 19.7. The molecule has 2 aliphatic rings. The lowest BCUT2D eigenvalue weighted by atomic mass is 9.86. The third kappa shape index (κ3) is 5.25. The summed E-state index contributed by atoms with van der Waals surface area (Å²) in [7, 11) is 0. The molecule has 0 saturated carbocycles. The SMILES string of the molecule is C/C=C/Br.C=NC(C)C(O)C1=C2C=CC=CN2C(=O)C(C(=O)OCC)C1. The Morgan fingerprint density at radius 1 is 1.58 bits per heavy atom. The van der Waals surface area contributed by atoms with Crippen LogP contribution in [0.25, 0.3) is 0 Å². The minimum Gasteiger partial charge on any atom is -0.465 e. The number of aliphatic imine (C=N–C) groups is 1. The van der Waals surface area contributed by atoms with Crippen molar-refractivity contribution in [1.29, 1.82) is 0 Å². The fourth-order valence-electron chi connectivity index (χ4n) is 2.57. The molecule has 0 fully saturated rings. The van der Waals surface area contributed by atoms with Crippen LogP contribution >= 0.6 is 15.9 Å². The van der Waals surface area contributed by atoms with Crippen LogP contribution in [0, 0.1) is 5.92 Å². The Morgan fingerprint density at radius 2 is 2.23 bits per heavy atom. The summed E-state index contributed by atoms with van der Waals surface area (Å²) in [5, 5.41) is 10.5. The van der Waals surface area contributed by atoms with Crippen LogP contribution < -0.4 is 0 Å². The van der Waals surface area contributed by atoms with Gasteiger partial charge in [0.1, 0.15) is 5.92 Å². The number of ether oxygens (including phenoxy) is 1. The number of amides is 1. The van der Waals surface area contributed by atoms with Gasteiger partial charge in [-0.2, -0.15) is 0 Å². The van der Waals surface area contributed by atoms with E-state index < -0.39 is 24.0 Å². The fraction of sp³-hybridized carbons (Fsp3) is 0.421. The topological polar surface area (TPSA) is 79.2 Å². The molecule has 0 aliphatic carbocycles. The number of aliphatic hydroxyl groups excluding tert-OH is 1. The van der Waals surface area contributed by atoms with Crippen molar-refractivity contribution in [2.75, 3.05) is 6.61 Å². The van der Waals surface area contributed by atoms with Crippen LogP contribution in [0.1, 0.15) is 27.2 Å². The van der Waals surface area contributed by atoms with E-state index in [1.165, 1.54) is 4.90 Å². The first kappa shape index (κ1) is 22.1. The van der Waals surface area contributed by atoms with Gasteiger partial charge in [0.05, 0.1) is 24.4 Å².